The molecule has 0 radical (unpaired) electrons. The summed E-state index contributed by atoms with van der Waals surface area (Å²) in [6.07, 6.45) is 0.818. The molecule has 1 nitrogen and oxygen atoms in total. The van der Waals surface area contributed by atoms with Gasteiger partial charge in [-0.05, 0) is 18.4 Å². The van der Waals surface area contributed by atoms with Crippen LogP contribution in [0.1, 0.15) is 12.0 Å². The fourth-order valence-corrected chi connectivity index (χ4v) is 1.81. The van der Waals surface area contributed by atoms with Crippen molar-refractivity contribution in [2.45, 2.75) is 18.3 Å². The first-order valence-electron chi connectivity index (χ1n) is 4.49. The lowest BCUT2D eigenvalue weighted by atomic mass is 10.1. The van der Waals surface area contributed by atoms with Crippen LogP contribution in [0, 0.1) is 0 Å². The number of alkyl halides is 3. The normalized spacial score (nSPS) is 13.8. The summed E-state index contributed by atoms with van der Waals surface area (Å²) in [5.74, 6) is -0.321. The van der Waals surface area contributed by atoms with Crippen molar-refractivity contribution in [3.63, 3.8) is 0 Å². The van der Waals surface area contributed by atoms with Crippen LogP contribution >= 0.6 is 0 Å². The molecular formula is C10H11F3OS. The summed E-state index contributed by atoms with van der Waals surface area (Å²) in [5, 5.41) is 0. The Morgan fingerprint density at radius 2 is 1.73 bits per heavy atom. The Morgan fingerprint density at radius 1 is 1.13 bits per heavy atom. The van der Waals surface area contributed by atoms with Crippen LogP contribution in [-0.2, 0) is 17.2 Å². The third kappa shape index (κ3) is 4.46. The van der Waals surface area contributed by atoms with Gasteiger partial charge in [-0.1, -0.05) is 30.3 Å². The van der Waals surface area contributed by atoms with Gasteiger partial charge in [0.1, 0.15) is 10.8 Å². The molecule has 0 saturated carbocycles. The lowest BCUT2D eigenvalue weighted by molar-refractivity contribution is -0.0384. The van der Waals surface area contributed by atoms with E-state index in [0.29, 0.717) is 6.42 Å². The van der Waals surface area contributed by atoms with Crippen molar-refractivity contribution in [2.24, 2.45) is 0 Å². The maximum atomic E-state index is 11.9. The molecule has 84 valence electrons. The number of halogens is 3. The molecule has 0 amide bonds. The van der Waals surface area contributed by atoms with E-state index in [0.717, 1.165) is 5.56 Å². The molecule has 1 unspecified atom stereocenters. The van der Waals surface area contributed by atoms with Gasteiger partial charge in [0.05, 0.1) is 0 Å². The summed E-state index contributed by atoms with van der Waals surface area (Å²) in [7, 11) is -2.71. The Hall–Kier alpha value is -0.840. The van der Waals surface area contributed by atoms with Gasteiger partial charge < -0.3 is 0 Å². The van der Waals surface area contributed by atoms with Gasteiger partial charge in [-0.2, -0.15) is 13.2 Å². The van der Waals surface area contributed by atoms with Gasteiger partial charge in [0.2, 0.25) is 0 Å². The number of aryl methyl sites for hydroxylation is 1. The maximum absolute atomic E-state index is 11.9. The third-order valence-electron chi connectivity index (χ3n) is 1.90. The summed E-state index contributed by atoms with van der Waals surface area (Å²) in [5.41, 5.74) is -3.60. The van der Waals surface area contributed by atoms with Crippen molar-refractivity contribution in [1.29, 1.82) is 0 Å². The van der Waals surface area contributed by atoms with Gasteiger partial charge in [-0.25, -0.2) is 0 Å². The second kappa shape index (κ2) is 5.30. The Morgan fingerprint density at radius 3 is 2.27 bits per heavy atom. The van der Waals surface area contributed by atoms with Crippen LogP contribution < -0.4 is 0 Å². The standard InChI is InChI=1S/C10H11F3OS/c11-10(12,13)15(14)8-4-7-9-5-2-1-3-6-9/h1-3,5-6H,4,7-8H2. The molecule has 0 fully saturated rings. The molecule has 0 N–H and O–H groups in total. The number of benzene rings is 1. The first-order chi connectivity index (χ1) is 7.00. The van der Waals surface area contributed by atoms with Gasteiger partial charge in [-0.3, -0.25) is 4.21 Å². The third-order valence-corrected chi connectivity index (χ3v) is 3.07. The molecule has 0 aliphatic heterocycles. The average molecular weight is 236 g/mol. The molecular weight excluding hydrogens is 225 g/mol. The van der Waals surface area contributed by atoms with Crippen LogP contribution in [0.25, 0.3) is 0 Å². The molecule has 15 heavy (non-hydrogen) atoms. The maximum Gasteiger partial charge on any atom is 0.471 e. The van der Waals surface area contributed by atoms with Crippen molar-refractivity contribution in [2.75, 3.05) is 5.75 Å². The van der Waals surface area contributed by atoms with Gasteiger partial charge in [0.25, 0.3) is 0 Å². The minimum absolute atomic E-state index is 0.288. The van der Waals surface area contributed by atoms with E-state index in [4.69, 9.17) is 0 Å². The van der Waals surface area contributed by atoms with Crippen LogP contribution in [-0.4, -0.2) is 15.5 Å². The summed E-state index contributed by atoms with van der Waals surface area (Å²) >= 11 is 0. The Labute approximate surface area is 88.8 Å². The summed E-state index contributed by atoms with van der Waals surface area (Å²) < 4.78 is 46.3. The smallest absolute Gasteiger partial charge is 0.251 e. The fourth-order valence-electron chi connectivity index (χ4n) is 1.17. The molecule has 5 heteroatoms. The Kier molecular flexibility index (Phi) is 4.32. The minimum atomic E-state index is -4.57. The predicted octanol–water partition coefficient (Wildman–Crippen LogP) is 2.89. The molecule has 0 spiro atoms. The van der Waals surface area contributed by atoms with Crippen molar-refractivity contribution in [1.82, 2.24) is 0 Å². The fraction of sp³-hybridized carbons (Fsp3) is 0.400. The molecule has 0 aliphatic rings. The van der Waals surface area contributed by atoms with E-state index in [1.54, 1.807) is 0 Å². The highest BCUT2D eigenvalue weighted by Crippen LogP contribution is 2.20. The van der Waals surface area contributed by atoms with E-state index in [2.05, 4.69) is 0 Å². The van der Waals surface area contributed by atoms with Crippen molar-refractivity contribution >= 4 is 10.8 Å². The van der Waals surface area contributed by atoms with E-state index in [-0.39, 0.29) is 12.2 Å². The molecule has 0 saturated heterocycles. The van der Waals surface area contributed by atoms with E-state index in [1.165, 1.54) is 0 Å². The second-order valence-electron chi connectivity index (χ2n) is 3.08. The highest BCUT2D eigenvalue weighted by atomic mass is 32.2. The quantitative estimate of drug-likeness (QED) is 0.785. The lowest BCUT2D eigenvalue weighted by Crippen LogP contribution is -2.19. The zero-order valence-corrected chi connectivity index (χ0v) is 8.77. The monoisotopic (exact) mass is 236 g/mol. The SMILES string of the molecule is O=S(CCCc1ccccc1)C(F)(F)F. The predicted molar refractivity (Wildman–Crippen MR) is 53.8 cm³/mol. The van der Waals surface area contributed by atoms with Gasteiger partial charge in [0.15, 0.2) is 0 Å². The molecule has 1 rings (SSSR count). The van der Waals surface area contributed by atoms with E-state index >= 15 is 0 Å². The van der Waals surface area contributed by atoms with Gasteiger partial charge in [-0.15, -0.1) is 0 Å². The van der Waals surface area contributed by atoms with Crippen LogP contribution in [0.3, 0.4) is 0 Å². The zero-order valence-electron chi connectivity index (χ0n) is 7.96. The molecule has 0 aromatic heterocycles. The van der Waals surface area contributed by atoms with Crippen LogP contribution in [0.15, 0.2) is 30.3 Å². The number of rotatable bonds is 4. The van der Waals surface area contributed by atoms with Crippen molar-refractivity contribution in [3.05, 3.63) is 35.9 Å². The summed E-state index contributed by atoms with van der Waals surface area (Å²) in [4.78, 5) is 0. The lowest BCUT2D eigenvalue weighted by Gasteiger charge is -2.05. The Balaban J connectivity index is 2.32. The second-order valence-corrected chi connectivity index (χ2v) is 4.65. The van der Waals surface area contributed by atoms with Crippen molar-refractivity contribution in [3.8, 4) is 0 Å². The first-order valence-corrected chi connectivity index (χ1v) is 5.81. The first kappa shape index (κ1) is 12.2. The molecule has 0 aliphatic carbocycles. The van der Waals surface area contributed by atoms with E-state index in [1.807, 2.05) is 30.3 Å². The topological polar surface area (TPSA) is 17.1 Å². The average Bonchev–Trinajstić information content (AvgIpc) is 2.18. The summed E-state index contributed by atoms with van der Waals surface area (Å²) in [6, 6.07) is 9.19. The molecule has 0 bridgehead atoms. The summed E-state index contributed by atoms with van der Waals surface area (Å²) in [6.45, 7) is 0. The Bertz CT molecular complexity index is 321. The van der Waals surface area contributed by atoms with Gasteiger partial charge in [0, 0.05) is 5.75 Å². The number of hydrogen-bond donors (Lipinski definition) is 0. The van der Waals surface area contributed by atoms with Crippen LogP contribution in [0.2, 0.25) is 0 Å². The van der Waals surface area contributed by atoms with Crippen LogP contribution in [0.5, 0.6) is 0 Å². The van der Waals surface area contributed by atoms with Crippen LogP contribution in [0.4, 0.5) is 13.2 Å². The largest absolute Gasteiger partial charge is 0.471 e. The highest BCUT2D eigenvalue weighted by molar-refractivity contribution is 7.85. The molecule has 1 aromatic rings. The highest BCUT2D eigenvalue weighted by Gasteiger charge is 2.35. The minimum Gasteiger partial charge on any atom is -0.251 e. The molecule has 0 heterocycles. The van der Waals surface area contributed by atoms with Crippen molar-refractivity contribution < 1.29 is 17.4 Å². The zero-order chi connectivity index (χ0) is 11.3. The molecule has 1 aromatic carbocycles. The van der Waals surface area contributed by atoms with Gasteiger partial charge >= 0.3 is 5.51 Å². The number of hydrogen-bond acceptors (Lipinski definition) is 1. The van der Waals surface area contributed by atoms with E-state index < -0.39 is 16.3 Å². The molecule has 1 atom stereocenters. The van der Waals surface area contributed by atoms with E-state index in [9.17, 15) is 17.4 Å².